The zero-order chi connectivity index (χ0) is 16.1. The predicted molar refractivity (Wildman–Crippen MR) is 89.4 cm³/mol. The molecule has 0 unspecified atom stereocenters. The number of nitrogens with zero attached hydrogens (tertiary/aromatic N) is 3. The summed E-state index contributed by atoms with van der Waals surface area (Å²) in [6.07, 6.45) is 2.15. The first kappa shape index (κ1) is 17.0. The van der Waals surface area contributed by atoms with Gasteiger partial charge in [-0.15, -0.1) is 0 Å². The molecule has 1 aliphatic rings. The summed E-state index contributed by atoms with van der Waals surface area (Å²) in [7, 11) is 0. The second-order valence-corrected chi connectivity index (χ2v) is 6.16. The van der Waals surface area contributed by atoms with E-state index in [-0.39, 0.29) is 11.2 Å². The van der Waals surface area contributed by atoms with Crippen LogP contribution in [0, 0.1) is 6.92 Å². The van der Waals surface area contributed by atoms with Gasteiger partial charge in [0, 0.05) is 51.0 Å². The van der Waals surface area contributed by atoms with Crippen LogP contribution in [0.25, 0.3) is 0 Å². The minimum absolute atomic E-state index is 0.0698. The first-order valence-electron chi connectivity index (χ1n) is 8.43. The molecule has 0 aliphatic carbocycles. The molecule has 0 saturated carbocycles. The van der Waals surface area contributed by atoms with Crippen molar-refractivity contribution in [1.29, 1.82) is 0 Å². The Bertz CT molecular complexity index is 546. The molecule has 22 heavy (non-hydrogen) atoms. The lowest BCUT2D eigenvalue weighted by molar-refractivity contribution is 0.128. The van der Waals surface area contributed by atoms with Gasteiger partial charge in [0.25, 0.3) is 0 Å². The molecule has 1 saturated heterocycles. The van der Waals surface area contributed by atoms with Crippen molar-refractivity contribution in [2.24, 2.45) is 0 Å². The lowest BCUT2D eigenvalue weighted by Gasteiger charge is -2.34. The maximum Gasteiger partial charge on any atom is 0.223 e. The average Bonchev–Trinajstić information content (AvgIpc) is 2.52. The summed E-state index contributed by atoms with van der Waals surface area (Å²) in [6, 6.07) is 1.55. The average molecular weight is 307 g/mol. The van der Waals surface area contributed by atoms with Crippen LogP contribution in [0.5, 0.6) is 5.75 Å². The number of piperazine rings is 1. The second-order valence-electron chi connectivity index (χ2n) is 6.16. The molecule has 0 spiro atoms. The van der Waals surface area contributed by atoms with E-state index in [2.05, 4.69) is 28.2 Å². The van der Waals surface area contributed by atoms with Crippen molar-refractivity contribution in [2.45, 2.75) is 46.7 Å². The molecule has 0 radical (unpaired) electrons. The van der Waals surface area contributed by atoms with Crippen LogP contribution in [0.2, 0.25) is 0 Å². The fraction of sp³-hybridized carbons (Fsp3) is 0.706. The topological polar surface area (TPSA) is 48.7 Å². The third kappa shape index (κ3) is 3.90. The Hall–Kier alpha value is -1.33. The summed E-state index contributed by atoms with van der Waals surface area (Å²) in [5.74, 6) is -0.0698. The molecule has 2 rings (SSSR count). The Morgan fingerprint density at radius 2 is 1.77 bits per heavy atom. The summed E-state index contributed by atoms with van der Waals surface area (Å²) in [4.78, 5) is 16.7. The van der Waals surface area contributed by atoms with Crippen molar-refractivity contribution in [2.75, 3.05) is 32.7 Å². The van der Waals surface area contributed by atoms with Crippen molar-refractivity contribution in [3.63, 3.8) is 0 Å². The SMILES string of the molecule is CCCCn1c(C)cc(=O)c(O)c1CN1CCN(CC)CC1. The highest BCUT2D eigenvalue weighted by molar-refractivity contribution is 5.29. The summed E-state index contributed by atoms with van der Waals surface area (Å²) in [6.45, 7) is 13.0. The van der Waals surface area contributed by atoms with E-state index in [9.17, 15) is 9.90 Å². The van der Waals surface area contributed by atoms with Gasteiger partial charge in [0.1, 0.15) is 0 Å². The zero-order valence-corrected chi connectivity index (χ0v) is 14.1. The molecule has 0 atom stereocenters. The van der Waals surface area contributed by atoms with Gasteiger partial charge in [0.05, 0.1) is 5.69 Å². The number of aromatic nitrogens is 1. The van der Waals surface area contributed by atoms with Crippen LogP contribution in [0.4, 0.5) is 0 Å². The zero-order valence-electron chi connectivity index (χ0n) is 14.1. The van der Waals surface area contributed by atoms with Gasteiger partial charge in [0.15, 0.2) is 5.75 Å². The number of hydrogen-bond acceptors (Lipinski definition) is 4. The van der Waals surface area contributed by atoms with E-state index in [0.29, 0.717) is 6.54 Å². The van der Waals surface area contributed by atoms with E-state index in [1.165, 1.54) is 0 Å². The van der Waals surface area contributed by atoms with Crippen LogP contribution in [0.3, 0.4) is 0 Å². The number of unbranched alkanes of at least 4 members (excludes halogenated alkanes) is 1. The fourth-order valence-electron chi connectivity index (χ4n) is 3.08. The van der Waals surface area contributed by atoms with Crippen molar-refractivity contribution < 1.29 is 5.11 Å². The lowest BCUT2D eigenvalue weighted by Crippen LogP contribution is -2.46. The molecule has 5 heteroatoms. The Labute approximate surface area is 133 Å². The number of aromatic hydroxyl groups is 1. The smallest absolute Gasteiger partial charge is 0.223 e. The second kappa shape index (κ2) is 7.79. The molecule has 0 amide bonds. The van der Waals surface area contributed by atoms with Gasteiger partial charge in [-0.1, -0.05) is 20.3 Å². The Kier molecular flexibility index (Phi) is 6.03. The van der Waals surface area contributed by atoms with E-state index in [1.54, 1.807) is 6.07 Å². The van der Waals surface area contributed by atoms with Crippen molar-refractivity contribution in [3.05, 3.63) is 27.7 Å². The van der Waals surface area contributed by atoms with Crippen molar-refractivity contribution in [1.82, 2.24) is 14.4 Å². The standard InChI is InChI=1S/C17H29N3O2/c1-4-6-7-20-14(3)12-16(21)17(22)15(20)13-19-10-8-18(5-2)9-11-19/h12,22H,4-11,13H2,1-3H3. The Balaban J connectivity index is 2.19. The van der Waals surface area contributed by atoms with E-state index in [0.717, 1.165) is 63.5 Å². The van der Waals surface area contributed by atoms with Crippen molar-refractivity contribution in [3.8, 4) is 5.75 Å². The van der Waals surface area contributed by atoms with Crippen LogP contribution in [-0.4, -0.2) is 52.2 Å². The molecule has 1 aromatic heterocycles. The van der Waals surface area contributed by atoms with E-state index < -0.39 is 0 Å². The maximum atomic E-state index is 11.9. The predicted octanol–water partition coefficient (Wildman–Crippen LogP) is 1.80. The molecule has 124 valence electrons. The molecule has 1 N–H and O–H groups in total. The van der Waals surface area contributed by atoms with Gasteiger partial charge >= 0.3 is 0 Å². The van der Waals surface area contributed by atoms with Gasteiger partial charge in [-0.3, -0.25) is 9.69 Å². The molecular weight excluding hydrogens is 278 g/mol. The van der Waals surface area contributed by atoms with E-state index in [1.807, 2.05) is 6.92 Å². The lowest BCUT2D eigenvalue weighted by atomic mass is 10.2. The van der Waals surface area contributed by atoms with Crippen LogP contribution in [-0.2, 0) is 13.1 Å². The van der Waals surface area contributed by atoms with Gasteiger partial charge in [-0.25, -0.2) is 0 Å². The molecule has 1 fully saturated rings. The van der Waals surface area contributed by atoms with Crippen LogP contribution >= 0.6 is 0 Å². The van der Waals surface area contributed by atoms with E-state index in [4.69, 9.17) is 0 Å². The number of aryl methyl sites for hydroxylation is 1. The summed E-state index contributed by atoms with van der Waals surface area (Å²) in [5.41, 5.74) is 1.47. The fourth-order valence-corrected chi connectivity index (χ4v) is 3.08. The first-order chi connectivity index (χ1) is 10.6. The molecule has 5 nitrogen and oxygen atoms in total. The molecule has 1 aromatic rings. The number of rotatable bonds is 6. The minimum atomic E-state index is -0.257. The molecule has 0 aromatic carbocycles. The number of pyridine rings is 1. The van der Waals surface area contributed by atoms with Crippen molar-refractivity contribution >= 4 is 0 Å². The number of likely N-dealkylation sites (N-methyl/N-ethyl adjacent to an activating group) is 1. The third-order valence-corrected chi connectivity index (χ3v) is 4.62. The summed E-state index contributed by atoms with van der Waals surface area (Å²) in [5, 5.41) is 10.3. The molecule has 0 bridgehead atoms. The highest BCUT2D eigenvalue weighted by atomic mass is 16.3. The molecular formula is C17H29N3O2. The molecule has 2 heterocycles. The van der Waals surface area contributed by atoms with Gasteiger partial charge in [0.2, 0.25) is 5.43 Å². The third-order valence-electron chi connectivity index (χ3n) is 4.62. The quantitative estimate of drug-likeness (QED) is 0.870. The van der Waals surface area contributed by atoms with Gasteiger partial charge in [-0.2, -0.15) is 0 Å². The first-order valence-corrected chi connectivity index (χ1v) is 8.43. The van der Waals surface area contributed by atoms with Crippen LogP contribution in [0.1, 0.15) is 38.1 Å². The normalized spacial score (nSPS) is 17.0. The molecule has 1 aliphatic heterocycles. The van der Waals surface area contributed by atoms with E-state index >= 15 is 0 Å². The van der Waals surface area contributed by atoms with Gasteiger partial charge < -0.3 is 14.6 Å². The van der Waals surface area contributed by atoms with Crippen LogP contribution < -0.4 is 5.43 Å². The van der Waals surface area contributed by atoms with Gasteiger partial charge in [-0.05, 0) is 19.9 Å². The van der Waals surface area contributed by atoms with Crippen LogP contribution in [0.15, 0.2) is 10.9 Å². The maximum absolute atomic E-state index is 11.9. The largest absolute Gasteiger partial charge is 0.503 e. The monoisotopic (exact) mass is 307 g/mol. The highest BCUT2D eigenvalue weighted by Crippen LogP contribution is 2.18. The Morgan fingerprint density at radius 3 is 2.36 bits per heavy atom. The summed E-state index contributed by atoms with van der Waals surface area (Å²) < 4.78 is 2.12. The minimum Gasteiger partial charge on any atom is -0.503 e. The highest BCUT2D eigenvalue weighted by Gasteiger charge is 2.20. The summed E-state index contributed by atoms with van der Waals surface area (Å²) >= 11 is 0. The Morgan fingerprint density at radius 1 is 1.14 bits per heavy atom. The number of hydrogen-bond donors (Lipinski definition) is 1.